The lowest BCUT2D eigenvalue weighted by Crippen LogP contribution is -1.88. The summed E-state index contributed by atoms with van der Waals surface area (Å²) in [6.45, 7) is 0. The molecule has 0 saturated heterocycles. The van der Waals surface area contributed by atoms with Crippen molar-refractivity contribution >= 4 is 17.9 Å². The van der Waals surface area contributed by atoms with Crippen LogP contribution < -0.4 is 0 Å². The van der Waals surface area contributed by atoms with Gasteiger partial charge in [0, 0.05) is 11.1 Å². The molecule has 15 heavy (non-hydrogen) atoms. The molecule has 0 aliphatic rings. The standard InChI is InChI=1S/C12H8ClNO/c13-12-7-9(8-15)6-11(14-12)10-4-2-1-3-5-10/h1-8H. The molecule has 0 aliphatic heterocycles. The fourth-order valence-electron chi connectivity index (χ4n) is 1.34. The van der Waals surface area contributed by atoms with E-state index in [1.54, 1.807) is 12.1 Å². The minimum absolute atomic E-state index is 0.332. The molecule has 0 aliphatic carbocycles. The largest absolute Gasteiger partial charge is 0.298 e. The predicted molar refractivity (Wildman–Crippen MR) is 60.1 cm³/mol. The Morgan fingerprint density at radius 2 is 1.87 bits per heavy atom. The molecule has 0 N–H and O–H groups in total. The highest BCUT2D eigenvalue weighted by molar-refractivity contribution is 6.29. The van der Waals surface area contributed by atoms with E-state index >= 15 is 0 Å². The van der Waals surface area contributed by atoms with Gasteiger partial charge in [0.05, 0.1) is 5.69 Å². The van der Waals surface area contributed by atoms with Gasteiger partial charge >= 0.3 is 0 Å². The molecule has 0 radical (unpaired) electrons. The molecule has 3 heteroatoms. The van der Waals surface area contributed by atoms with Gasteiger partial charge < -0.3 is 0 Å². The van der Waals surface area contributed by atoms with Crippen LogP contribution in [-0.4, -0.2) is 11.3 Å². The van der Waals surface area contributed by atoms with Crippen molar-refractivity contribution in [1.82, 2.24) is 4.98 Å². The summed E-state index contributed by atoms with van der Waals surface area (Å²) in [7, 11) is 0. The fourth-order valence-corrected chi connectivity index (χ4v) is 1.56. The summed E-state index contributed by atoms with van der Waals surface area (Å²) in [4.78, 5) is 14.8. The van der Waals surface area contributed by atoms with Gasteiger partial charge in [-0.3, -0.25) is 4.79 Å². The molecule has 2 nitrogen and oxygen atoms in total. The molecule has 0 saturated carbocycles. The van der Waals surface area contributed by atoms with Gasteiger partial charge in [0.15, 0.2) is 0 Å². The number of rotatable bonds is 2. The quantitative estimate of drug-likeness (QED) is 0.571. The molecule has 1 heterocycles. The first-order chi connectivity index (χ1) is 7.29. The fraction of sp³-hybridized carbons (Fsp3) is 0. The van der Waals surface area contributed by atoms with Crippen LogP contribution in [0.25, 0.3) is 11.3 Å². The number of carbonyl (C=O) groups is 1. The lowest BCUT2D eigenvalue weighted by molar-refractivity contribution is 0.112. The third kappa shape index (κ3) is 2.22. The maximum absolute atomic E-state index is 10.7. The van der Waals surface area contributed by atoms with E-state index in [2.05, 4.69) is 4.98 Å². The normalized spacial score (nSPS) is 9.93. The molecule has 0 atom stereocenters. The average molecular weight is 218 g/mol. The Balaban J connectivity index is 2.53. The van der Waals surface area contributed by atoms with Crippen molar-refractivity contribution in [3.8, 4) is 11.3 Å². The summed E-state index contributed by atoms with van der Waals surface area (Å²) >= 11 is 5.81. The Bertz CT molecular complexity index is 482. The van der Waals surface area contributed by atoms with Crippen LogP contribution in [0.5, 0.6) is 0 Å². The first-order valence-electron chi connectivity index (χ1n) is 4.48. The van der Waals surface area contributed by atoms with Crippen LogP contribution in [0.3, 0.4) is 0 Å². The first kappa shape index (κ1) is 9.87. The molecule has 0 spiro atoms. The van der Waals surface area contributed by atoms with Gasteiger partial charge in [0.25, 0.3) is 0 Å². The van der Waals surface area contributed by atoms with Crippen LogP contribution >= 0.6 is 11.6 Å². The van der Waals surface area contributed by atoms with Crippen molar-refractivity contribution < 1.29 is 4.79 Å². The zero-order chi connectivity index (χ0) is 10.7. The van der Waals surface area contributed by atoms with Crippen molar-refractivity contribution in [3.05, 3.63) is 53.2 Å². The molecule has 1 aromatic heterocycles. The summed E-state index contributed by atoms with van der Waals surface area (Å²) in [5.74, 6) is 0. The molecule has 1 aromatic carbocycles. The minimum Gasteiger partial charge on any atom is -0.298 e. The topological polar surface area (TPSA) is 30.0 Å². The summed E-state index contributed by atoms with van der Waals surface area (Å²) in [5, 5.41) is 0.332. The van der Waals surface area contributed by atoms with Gasteiger partial charge in [-0.05, 0) is 12.1 Å². The Morgan fingerprint density at radius 1 is 1.13 bits per heavy atom. The molecule has 0 amide bonds. The van der Waals surface area contributed by atoms with E-state index in [1.165, 1.54) is 0 Å². The third-order valence-electron chi connectivity index (χ3n) is 2.02. The highest BCUT2D eigenvalue weighted by atomic mass is 35.5. The summed E-state index contributed by atoms with van der Waals surface area (Å²) in [5.41, 5.74) is 2.20. The first-order valence-corrected chi connectivity index (χ1v) is 4.85. The smallest absolute Gasteiger partial charge is 0.150 e. The highest BCUT2D eigenvalue weighted by Gasteiger charge is 2.02. The lowest BCUT2D eigenvalue weighted by Gasteiger charge is -2.01. The van der Waals surface area contributed by atoms with Crippen molar-refractivity contribution in [3.63, 3.8) is 0 Å². The molecule has 2 aromatic rings. The summed E-state index contributed by atoms with van der Waals surface area (Å²) in [6, 6.07) is 12.9. The number of nitrogens with zero attached hydrogens (tertiary/aromatic N) is 1. The third-order valence-corrected chi connectivity index (χ3v) is 2.22. The van der Waals surface area contributed by atoms with Gasteiger partial charge in [0.2, 0.25) is 0 Å². The van der Waals surface area contributed by atoms with Crippen LogP contribution in [-0.2, 0) is 0 Å². The maximum atomic E-state index is 10.7. The van der Waals surface area contributed by atoms with Gasteiger partial charge in [-0.2, -0.15) is 0 Å². The minimum atomic E-state index is 0.332. The van der Waals surface area contributed by atoms with E-state index in [0.717, 1.165) is 11.8 Å². The number of pyridine rings is 1. The number of halogens is 1. The van der Waals surface area contributed by atoms with E-state index in [0.29, 0.717) is 16.4 Å². The van der Waals surface area contributed by atoms with Crippen molar-refractivity contribution in [2.45, 2.75) is 0 Å². The second-order valence-electron chi connectivity index (χ2n) is 3.09. The molecule has 74 valence electrons. The second kappa shape index (κ2) is 4.24. The molecule has 0 fully saturated rings. The number of hydrogen-bond donors (Lipinski definition) is 0. The lowest BCUT2D eigenvalue weighted by atomic mass is 10.1. The summed E-state index contributed by atoms with van der Waals surface area (Å²) < 4.78 is 0. The van der Waals surface area contributed by atoms with Crippen LogP contribution in [0.1, 0.15) is 10.4 Å². The SMILES string of the molecule is O=Cc1cc(Cl)nc(-c2ccccc2)c1. The average Bonchev–Trinajstić information content (AvgIpc) is 2.29. The van der Waals surface area contributed by atoms with Gasteiger partial charge in [0.1, 0.15) is 11.4 Å². The van der Waals surface area contributed by atoms with E-state index in [9.17, 15) is 4.79 Å². The number of hydrogen-bond acceptors (Lipinski definition) is 2. The molecule has 0 bridgehead atoms. The monoisotopic (exact) mass is 217 g/mol. The van der Waals surface area contributed by atoms with Crippen molar-refractivity contribution in [2.24, 2.45) is 0 Å². The Labute approximate surface area is 92.5 Å². The highest BCUT2D eigenvalue weighted by Crippen LogP contribution is 2.20. The van der Waals surface area contributed by atoms with Crippen molar-refractivity contribution in [2.75, 3.05) is 0 Å². The number of benzene rings is 1. The molecule has 0 unspecified atom stereocenters. The maximum Gasteiger partial charge on any atom is 0.150 e. The Hall–Kier alpha value is -1.67. The Morgan fingerprint density at radius 3 is 2.53 bits per heavy atom. The Kier molecular flexibility index (Phi) is 2.79. The van der Waals surface area contributed by atoms with E-state index in [-0.39, 0.29) is 0 Å². The number of carbonyl (C=O) groups excluding carboxylic acids is 1. The van der Waals surface area contributed by atoms with E-state index in [4.69, 9.17) is 11.6 Å². The van der Waals surface area contributed by atoms with E-state index < -0.39 is 0 Å². The zero-order valence-corrected chi connectivity index (χ0v) is 8.61. The van der Waals surface area contributed by atoms with Crippen LogP contribution in [0.15, 0.2) is 42.5 Å². The van der Waals surface area contributed by atoms with Crippen molar-refractivity contribution in [1.29, 1.82) is 0 Å². The zero-order valence-electron chi connectivity index (χ0n) is 7.85. The predicted octanol–water partition coefficient (Wildman–Crippen LogP) is 3.21. The number of aromatic nitrogens is 1. The van der Waals surface area contributed by atoms with Gasteiger partial charge in [-0.15, -0.1) is 0 Å². The van der Waals surface area contributed by atoms with E-state index in [1.807, 2.05) is 30.3 Å². The molecule has 2 rings (SSSR count). The van der Waals surface area contributed by atoms with Gasteiger partial charge in [-0.1, -0.05) is 41.9 Å². The second-order valence-corrected chi connectivity index (χ2v) is 3.48. The molecular weight excluding hydrogens is 210 g/mol. The van der Waals surface area contributed by atoms with Gasteiger partial charge in [-0.25, -0.2) is 4.98 Å². The van der Waals surface area contributed by atoms with Crippen LogP contribution in [0, 0.1) is 0 Å². The molecular formula is C12H8ClNO. The number of aldehydes is 1. The van der Waals surface area contributed by atoms with Crippen LogP contribution in [0.2, 0.25) is 5.15 Å². The summed E-state index contributed by atoms with van der Waals surface area (Å²) in [6.07, 6.45) is 0.764. The van der Waals surface area contributed by atoms with Crippen LogP contribution in [0.4, 0.5) is 0 Å².